The zero-order valence-electron chi connectivity index (χ0n) is 12.8. The van der Waals surface area contributed by atoms with E-state index in [2.05, 4.69) is 54.7 Å². The van der Waals surface area contributed by atoms with Gasteiger partial charge in [0.2, 0.25) is 0 Å². The summed E-state index contributed by atoms with van der Waals surface area (Å²) >= 11 is 16.8. The predicted octanol–water partition coefficient (Wildman–Crippen LogP) is 5.76. The third-order valence-corrected chi connectivity index (χ3v) is 5.58. The number of rotatable bonds is 4. The van der Waals surface area contributed by atoms with Crippen molar-refractivity contribution in [3.05, 3.63) is 71.4 Å². The van der Waals surface area contributed by atoms with Gasteiger partial charge in [0.25, 0.3) is 0 Å². The zero-order chi connectivity index (χ0) is 16.2. The molecule has 23 heavy (non-hydrogen) atoms. The lowest BCUT2D eigenvalue weighted by Gasteiger charge is -2.28. The van der Waals surface area contributed by atoms with Gasteiger partial charge >= 0.3 is 0 Å². The minimum absolute atomic E-state index is 0.209. The van der Waals surface area contributed by atoms with E-state index in [1.54, 1.807) is 0 Å². The zero-order valence-corrected chi connectivity index (χ0v) is 15.3. The first-order valence-electron chi connectivity index (χ1n) is 7.85. The molecule has 0 aromatic heterocycles. The molecule has 0 saturated carbocycles. The van der Waals surface area contributed by atoms with Crippen LogP contribution < -0.4 is 0 Å². The van der Waals surface area contributed by atoms with E-state index < -0.39 is 0 Å². The number of thiocarbonyl (C=S) groups is 3. The molecule has 0 nitrogen and oxygen atoms in total. The fraction of sp³-hybridized carbons (Fsp3) is 0.250. The Morgan fingerprint density at radius 3 is 1.65 bits per heavy atom. The number of allylic oxidation sites excluding steroid dienone is 12. The molecule has 0 heterocycles. The van der Waals surface area contributed by atoms with Crippen LogP contribution in [0.3, 0.4) is 0 Å². The van der Waals surface area contributed by atoms with Crippen LogP contribution in [-0.2, 0) is 0 Å². The van der Waals surface area contributed by atoms with E-state index in [9.17, 15) is 0 Å². The summed E-state index contributed by atoms with van der Waals surface area (Å²) in [5.74, 6) is 0.209. The summed E-state index contributed by atoms with van der Waals surface area (Å²) in [6.07, 6.45) is 22.5. The van der Waals surface area contributed by atoms with Crippen LogP contribution in [0.4, 0.5) is 0 Å². The van der Waals surface area contributed by atoms with Crippen LogP contribution in [-0.4, -0.2) is 14.6 Å². The van der Waals surface area contributed by atoms with Crippen molar-refractivity contribution in [2.75, 3.05) is 0 Å². The van der Waals surface area contributed by atoms with Crippen molar-refractivity contribution < 1.29 is 0 Å². The summed E-state index contributed by atoms with van der Waals surface area (Å²) < 4.78 is 0. The quantitative estimate of drug-likeness (QED) is 0.589. The Hall–Kier alpha value is -1.29. The molecule has 3 aliphatic rings. The van der Waals surface area contributed by atoms with Gasteiger partial charge < -0.3 is 0 Å². The molecule has 116 valence electrons. The molecule has 0 atom stereocenters. The first kappa shape index (κ1) is 16.6. The van der Waals surface area contributed by atoms with Gasteiger partial charge in [0.1, 0.15) is 0 Å². The third kappa shape index (κ3) is 3.79. The van der Waals surface area contributed by atoms with E-state index >= 15 is 0 Å². The Morgan fingerprint density at radius 2 is 1.17 bits per heavy atom. The summed E-state index contributed by atoms with van der Waals surface area (Å²) in [5, 5.41) is 0. The van der Waals surface area contributed by atoms with Gasteiger partial charge in [-0.2, -0.15) is 0 Å². The van der Waals surface area contributed by atoms with Crippen LogP contribution in [0.5, 0.6) is 0 Å². The normalized spacial score (nSPS) is 20.7. The average molecular weight is 355 g/mol. The van der Waals surface area contributed by atoms with Crippen molar-refractivity contribution in [1.82, 2.24) is 0 Å². The molecule has 3 heteroatoms. The Kier molecular flexibility index (Phi) is 5.42. The standard InChI is InChI=1S/C20H18S3/c21-18-10-4-1-7-14(18)13-17(15-8-2-5-11-19(15)22)16-9-3-6-12-20(16)23/h1-9,17H,10-13H2. The van der Waals surface area contributed by atoms with Crippen molar-refractivity contribution in [2.45, 2.75) is 25.7 Å². The van der Waals surface area contributed by atoms with Crippen molar-refractivity contribution in [2.24, 2.45) is 5.92 Å². The topological polar surface area (TPSA) is 0 Å². The van der Waals surface area contributed by atoms with Gasteiger partial charge in [0.15, 0.2) is 0 Å². The van der Waals surface area contributed by atoms with E-state index in [0.717, 1.165) is 40.3 Å². The van der Waals surface area contributed by atoms with Gasteiger partial charge in [0.05, 0.1) is 0 Å². The SMILES string of the molecule is S=C1CC=CC=C1CC(C1=CC=CCC1=S)C1=CC=CCC1=S. The highest BCUT2D eigenvalue weighted by atomic mass is 32.1. The fourth-order valence-corrected chi connectivity index (χ4v) is 3.97. The van der Waals surface area contributed by atoms with Crippen molar-refractivity contribution in [3.63, 3.8) is 0 Å². The summed E-state index contributed by atoms with van der Waals surface area (Å²) in [7, 11) is 0. The minimum atomic E-state index is 0.209. The molecule has 0 fully saturated rings. The summed E-state index contributed by atoms with van der Waals surface area (Å²) in [6, 6.07) is 0. The fourth-order valence-electron chi connectivity index (χ4n) is 3.11. The van der Waals surface area contributed by atoms with Crippen molar-refractivity contribution in [3.8, 4) is 0 Å². The van der Waals surface area contributed by atoms with Crippen LogP contribution in [0.1, 0.15) is 25.7 Å². The molecule has 0 saturated heterocycles. The number of hydrogen-bond acceptors (Lipinski definition) is 3. The van der Waals surface area contributed by atoms with Crippen LogP contribution >= 0.6 is 36.7 Å². The largest absolute Gasteiger partial charge is 0.0843 e. The second-order valence-electron chi connectivity index (χ2n) is 5.86. The minimum Gasteiger partial charge on any atom is -0.0843 e. The molecule has 0 spiro atoms. The monoisotopic (exact) mass is 354 g/mol. The first-order valence-corrected chi connectivity index (χ1v) is 9.08. The van der Waals surface area contributed by atoms with Gasteiger partial charge in [-0.3, -0.25) is 0 Å². The first-order chi connectivity index (χ1) is 11.2. The molecule has 3 aliphatic carbocycles. The molecular weight excluding hydrogens is 336 g/mol. The van der Waals surface area contributed by atoms with Gasteiger partial charge in [-0.15, -0.1) is 0 Å². The van der Waals surface area contributed by atoms with Crippen LogP contribution in [0.2, 0.25) is 0 Å². The Morgan fingerprint density at radius 1 is 0.696 bits per heavy atom. The molecule has 0 bridgehead atoms. The molecule has 0 amide bonds. The summed E-state index contributed by atoms with van der Waals surface area (Å²) in [5.41, 5.74) is 3.69. The predicted molar refractivity (Wildman–Crippen MR) is 111 cm³/mol. The Balaban J connectivity index is 1.98. The van der Waals surface area contributed by atoms with E-state index in [1.807, 2.05) is 0 Å². The maximum Gasteiger partial charge on any atom is 0.0228 e. The lowest BCUT2D eigenvalue weighted by molar-refractivity contribution is 0.764. The summed E-state index contributed by atoms with van der Waals surface area (Å²) in [6.45, 7) is 0. The van der Waals surface area contributed by atoms with Gasteiger partial charge in [-0.05, 0) is 23.1 Å². The van der Waals surface area contributed by atoms with Crippen LogP contribution in [0.15, 0.2) is 71.4 Å². The van der Waals surface area contributed by atoms with Gasteiger partial charge in [-0.1, -0.05) is 91.3 Å². The maximum absolute atomic E-state index is 5.63. The lowest BCUT2D eigenvalue weighted by Crippen LogP contribution is -2.22. The molecule has 0 N–H and O–H groups in total. The van der Waals surface area contributed by atoms with Crippen molar-refractivity contribution in [1.29, 1.82) is 0 Å². The van der Waals surface area contributed by atoms with Gasteiger partial charge in [0, 0.05) is 39.8 Å². The molecule has 3 rings (SSSR count). The Bertz CT molecular complexity index is 697. The van der Waals surface area contributed by atoms with Crippen molar-refractivity contribution >= 4 is 51.2 Å². The average Bonchev–Trinajstić information content (AvgIpc) is 2.56. The maximum atomic E-state index is 5.63. The highest BCUT2D eigenvalue weighted by Crippen LogP contribution is 2.35. The molecular formula is C20H18S3. The lowest BCUT2D eigenvalue weighted by atomic mass is 9.78. The molecule has 0 aromatic rings. The smallest absolute Gasteiger partial charge is 0.0228 e. The van der Waals surface area contributed by atoms with E-state index in [4.69, 9.17) is 36.7 Å². The van der Waals surface area contributed by atoms with E-state index in [1.165, 1.54) is 16.7 Å². The molecule has 0 aromatic carbocycles. The highest BCUT2D eigenvalue weighted by molar-refractivity contribution is 7.81. The highest BCUT2D eigenvalue weighted by Gasteiger charge is 2.27. The van der Waals surface area contributed by atoms with Crippen LogP contribution in [0.25, 0.3) is 0 Å². The molecule has 0 aliphatic heterocycles. The van der Waals surface area contributed by atoms with Crippen LogP contribution in [0, 0.1) is 5.92 Å². The third-order valence-electron chi connectivity index (χ3n) is 4.34. The molecule has 0 unspecified atom stereocenters. The van der Waals surface area contributed by atoms with Gasteiger partial charge in [-0.25, -0.2) is 0 Å². The number of hydrogen-bond donors (Lipinski definition) is 0. The second-order valence-corrected chi connectivity index (χ2v) is 7.34. The van der Waals surface area contributed by atoms with E-state index in [0.29, 0.717) is 0 Å². The molecule has 0 radical (unpaired) electrons. The van der Waals surface area contributed by atoms with E-state index in [-0.39, 0.29) is 5.92 Å². The summed E-state index contributed by atoms with van der Waals surface area (Å²) in [4.78, 5) is 3.08. The Labute approximate surface area is 154 Å². The second kappa shape index (κ2) is 7.52.